The fourth-order valence-electron chi connectivity index (χ4n) is 2.28. The minimum Gasteiger partial charge on any atom is -0.495 e. The maximum atomic E-state index is 12.3. The molecule has 0 bridgehead atoms. The molecule has 28 heavy (non-hydrogen) atoms. The molecular weight excluding hydrogens is 380 g/mol. The molecule has 2 amide bonds. The highest BCUT2D eigenvalue weighted by molar-refractivity contribution is 6.31. The zero-order valence-electron chi connectivity index (χ0n) is 15.6. The van der Waals surface area contributed by atoms with Gasteiger partial charge in [-0.05, 0) is 42.8 Å². The number of carbonyl (C=O) groups excluding carboxylic acids is 2. The summed E-state index contributed by atoms with van der Waals surface area (Å²) in [5.74, 6) is -0.282. The minimum atomic E-state index is -0.577. The molecular formula is C20H19ClN4O3. The third-order valence-electron chi connectivity index (χ3n) is 3.68. The van der Waals surface area contributed by atoms with Crippen LogP contribution in [0.15, 0.2) is 48.2 Å². The molecule has 0 aliphatic heterocycles. The van der Waals surface area contributed by atoms with Gasteiger partial charge in [-0.15, -0.1) is 0 Å². The van der Waals surface area contributed by atoms with Gasteiger partial charge in [0.15, 0.2) is 0 Å². The molecule has 7 nitrogen and oxygen atoms in total. The number of halogens is 1. The Morgan fingerprint density at radius 3 is 2.29 bits per heavy atom. The Morgan fingerprint density at radius 1 is 1.14 bits per heavy atom. The van der Waals surface area contributed by atoms with E-state index in [4.69, 9.17) is 16.3 Å². The molecule has 144 valence electrons. The van der Waals surface area contributed by atoms with Gasteiger partial charge in [-0.2, -0.15) is 5.26 Å². The monoisotopic (exact) mass is 398 g/mol. The van der Waals surface area contributed by atoms with E-state index in [0.29, 0.717) is 27.8 Å². The molecule has 0 aliphatic rings. The number of hydrogen-bond donors (Lipinski definition) is 3. The van der Waals surface area contributed by atoms with Crippen molar-refractivity contribution in [2.45, 2.75) is 13.8 Å². The number of nitrogens with one attached hydrogen (secondary N) is 3. The number of nitriles is 1. The first-order valence-electron chi connectivity index (χ1n) is 8.24. The Labute approximate surface area is 168 Å². The van der Waals surface area contributed by atoms with Crippen molar-refractivity contribution < 1.29 is 14.3 Å². The van der Waals surface area contributed by atoms with Crippen LogP contribution in [0.4, 0.5) is 17.1 Å². The van der Waals surface area contributed by atoms with Crippen molar-refractivity contribution in [2.24, 2.45) is 0 Å². The highest BCUT2D eigenvalue weighted by atomic mass is 35.5. The van der Waals surface area contributed by atoms with E-state index in [1.165, 1.54) is 20.2 Å². The van der Waals surface area contributed by atoms with Gasteiger partial charge in [0.25, 0.3) is 5.91 Å². The third kappa shape index (κ3) is 5.50. The Balaban J connectivity index is 2.12. The average molecular weight is 399 g/mol. The number of carbonyl (C=O) groups is 2. The van der Waals surface area contributed by atoms with Gasteiger partial charge in [-0.1, -0.05) is 11.6 Å². The van der Waals surface area contributed by atoms with Crippen LogP contribution in [0.3, 0.4) is 0 Å². The van der Waals surface area contributed by atoms with Crippen molar-refractivity contribution in [3.8, 4) is 11.8 Å². The molecule has 0 atom stereocenters. The number of amides is 2. The Kier molecular flexibility index (Phi) is 7.02. The predicted octanol–water partition coefficient (Wildman–Crippen LogP) is 4.07. The lowest BCUT2D eigenvalue weighted by molar-refractivity contribution is -0.114. The normalized spacial score (nSPS) is 10.6. The number of nitrogens with zero attached hydrogens (tertiary/aromatic N) is 1. The summed E-state index contributed by atoms with van der Waals surface area (Å²) < 4.78 is 5.25. The van der Waals surface area contributed by atoms with E-state index < -0.39 is 5.91 Å². The van der Waals surface area contributed by atoms with Crippen LogP contribution in [-0.4, -0.2) is 18.9 Å². The summed E-state index contributed by atoms with van der Waals surface area (Å²) in [6, 6.07) is 11.8. The predicted molar refractivity (Wildman–Crippen MR) is 109 cm³/mol. The quantitative estimate of drug-likeness (QED) is 0.502. The molecule has 0 aliphatic carbocycles. The summed E-state index contributed by atoms with van der Waals surface area (Å²) in [5.41, 5.74) is 2.36. The fourth-order valence-corrected chi connectivity index (χ4v) is 2.44. The second-order valence-corrected chi connectivity index (χ2v) is 6.24. The Morgan fingerprint density at radius 2 is 1.75 bits per heavy atom. The van der Waals surface area contributed by atoms with Crippen molar-refractivity contribution in [3.05, 3.63) is 58.8 Å². The SMILES string of the molecule is COc1cc(Cl)c(C)cc1N/C=C(/C#N)C(=O)Nc1ccc(NC(C)=O)cc1. The molecule has 0 spiro atoms. The molecule has 2 rings (SSSR count). The van der Waals surface area contributed by atoms with Crippen molar-refractivity contribution in [1.82, 2.24) is 0 Å². The largest absolute Gasteiger partial charge is 0.495 e. The molecule has 0 radical (unpaired) electrons. The lowest BCUT2D eigenvalue weighted by Crippen LogP contribution is -2.14. The van der Waals surface area contributed by atoms with Crippen LogP contribution < -0.4 is 20.7 Å². The third-order valence-corrected chi connectivity index (χ3v) is 4.09. The lowest BCUT2D eigenvalue weighted by atomic mass is 10.2. The van der Waals surface area contributed by atoms with E-state index in [1.807, 2.05) is 13.0 Å². The molecule has 0 aromatic heterocycles. The zero-order valence-corrected chi connectivity index (χ0v) is 16.3. The number of aryl methyl sites for hydroxylation is 1. The van der Waals surface area contributed by atoms with Gasteiger partial charge in [0.1, 0.15) is 17.4 Å². The maximum absolute atomic E-state index is 12.3. The molecule has 0 unspecified atom stereocenters. The van der Waals surface area contributed by atoms with E-state index in [9.17, 15) is 14.9 Å². The Hall–Kier alpha value is -3.50. The molecule has 0 heterocycles. The number of rotatable bonds is 6. The first kappa shape index (κ1) is 20.8. The van der Waals surface area contributed by atoms with E-state index in [1.54, 1.807) is 36.4 Å². The van der Waals surface area contributed by atoms with Crippen LogP contribution in [-0.2, 0) is 9.59 Å². The van der Waals surface area contributed by atoms with Crippen LogP contribution in [0.5, 0.6) is 5.75 Å². The van der Waals surface area contributed by atoms with Gasteiger partial charge in [0.05, 0.1) is 12.8 Å². The lowest BCUT2D eigenvalue weighted by Gasteiger charge is -2.11. The second-order valence-electron chi connectivity index (χ2n) is 5.83. The van der Waals surface area contributed by atoms with E-state index in [-0.39, 0.29) is 11.5 Å². The fraction of sp³-hybridized carbons (Fsp3) is 0.150. The van der Waals surface area contributed by atoms with Crippen LogP contribution in [0.25, 0.3) is 0 Å². The van der Waals surface area contributed by atoms with E-state index in [0.717, 1.165) is 5.56 Å². The van der Waals surface area contributed by atoms with Crippen LogP contribution in [0.2, 0.25) is 5.02 Å². The molecule has 2 aromatic rings. The average Bonchev–Trinajstić information content (AvgIpc) is 2.65. The van der Waals surface area contributed by atoms with Crippen molar-refractivity contribution in [1.29, 1.82) is 5.26 Å². The molecule has 2 aromatic carbocycles. The number of ether oxygens (including phenoxy) is 1. The number of methoxy groups -OCH3 is 1. The molecule has 0 saturated heterocycles. The highest BCUT2D eigenvalue weighted by Gasteiger charge is 2.11. The smallest absolute Gasteiger partial charge is 0.267 e. The second kappa shape index (κ2) is 9.44. The first-order chi connectivity index (χ1) is 13.3. The van der Waals surface area contributed by atoms with Crippen molar-refractivity contribution >= 4 is 40.5 Å². The molecule has 3 N–H and O–H groups in total. The summed E-state index contributed by atoms with van der Waals surface area (Å²) in [6.07, 6.45) is 1.30. The van der Waals surface area contributed by atoms with Gasteiger partial charge in [-0.3, -0.25) is 9.59 Å². The molecule has 8 heteroatoms. The van der Waals surface area contributed by atoms with E-state index in [2.05, 4.69) is 16.0 Å². The summed E-state index contributed by atoms with van der Waals surface area (Å²) in [7, 11) is 1.50. The van der Waals surface area contributed by atoms with Gasteiger partial charge in [0.2, 0.25) is 5.91 Å². The highest BCUT2D eigenvalue weighted by Crippen LogP contribution is 2.31. The van der Waals surface area contributed by atoms with Gasteiger partial charge in [0, 0.05) is 35.6 Å². The summed E-state index contributed by atoms with van der Waals surface area (Å²) in [5, 5.41) is 18.0. The summed E-state index contributed by atoms with van der Waals surface area (Å²) in [6.45, 7) is 3.24. The molecule has 0 saturated carbocycles. The number of hydrogen-bond acceptors (Lipinski definition) is 5. The van der Waals surface area contributed by atoms with Crippen molar-refractivity contribution in [2.75, 3.05) is 23.1 Å². The number of anilines is 3. The molecule has 0 fully saturated rings. The van der Waals surface area contributed by atoms with Gasteiger partial charge in [-0.25, -0.2) is 0 Å². The summed E-state index contributed by atoms with van der Waals surface area (Å²) >= 11 is 6.07. The van der Waals surface area contributed by atoms with E-state index >= 15 is 0 Å². The summed E-state index contributed by atoms with van der Waals surface area (Å²) in [4.78, 5) is 23.4. The van der Waals surface area contributed by atoms with Crippen molar-refractivity contribution in [3.63, 3.8) is 0 Å². The van der Waals surface area contributed by atoms with Crippen LogP contribution in [0.1, 0.15) is 12.5 Å². The zero-order chi connectivity index (χ0) is 20.7. The van der Waals surface area contributed by atoms with Gasteiger partial charge >= 0.3 is 0 Å². The topological polar surface area (TPSA) is 103 Å². The maximum Gasteiger partial charge on any atom is 0.267 e. The standard InChI is InChI=1S/C20H19ClN4O3/c1-12-8-18(19(28-3)9-17(12)21)23-11-14(10-22)20(27)25-16-6-4-15(5-7-16)24-13(2)26/h4-9,11,23H,1-3H3,(H,24,26)(H,25,27)/b14-11-. The van der Waals surface area contributed by atoms with Crippen LogP contribution >= 0.6 is 11.6 Å². The van der Waals surface area contributed by atoms with Crippen LogP contribution in [0, 0.1) is 18.3 Å². The minimum absolute atomic E-state index is 0.124. The first-order valence-corrected chi connectivity index (χ1v) is 8.61. The number of benzene rings is 2. The Bertz CT molecular complexity index is 963. The van der Waals surface area contributed by atoms with Gasteiger partial charge < -0.3 is 20.7 Å².